The zero-order valence-electron chi connectivity index (χ0n) is 8.35. The summed E-state index contributed by atoms with van der Waals surface area (Å²) in [5, 5.41) is 0. The van der Waals surface area contributed by atoms with Crippen molar-refractivity contribution in [3.05, 3.63) is 23.5 Å². The molecule has 0 N–H and O–H groups in total. The molecule has 1 aliphatic rings. The summed E-state index contributed by atoms with van der Waals surface area (Å²) in [5.74, 6) is 0.380. The van der Waals surface area contributed by atoms with Gasteiger partial charge in [-0.05, 0) is 12.8 Å². The number of carbonyl (C=O) groups excluding carboxylic acids is 1. The lowest BCUT2D eigenvalue weighted by molar-refractivity contribution is -0.133. The van der Waals surface area contributed by atoms with Crippen molar-refractivity contribution in [3.8, 4) is 0 Å². The first-order valence-corrected chi connectivity index (χ1v) is 4.84. The molecule has 0 radical (unpaired) electrons. The summed E-state index contributed by atoms with van der Waals surface area (Å²) in [6.07, 6.45) is 3.72. The molecule has 0 amide bonds. The molecule has 1 heterocycles. The molecule has 0 aromatic carbocycles. The molecule has 2 heteroatoms. The minimum absolute atomic E-state index is 0.185. The Morgan fingerprint density at radius 1 is 1.15 bits per heavy atom. The summed E-state index contributed by atoms with van der Waals surface area (Å²) in [6, 6.07) is 0. The van der Waals surface area contributed by atoms with Crippen LogP contribution in [0, 0.1) is 0 Å². The van der Waals surface area contributed by atoms with E-state index in [1.54, 1.807) is 0 Å². The van der Waals surface area contributed by atoms with Crippen molar-refractivity contribution in [1.82, 2.24) is 0 Å². The highest BCUT2D eigenvalue weighted by atomic mass is 16.5. The van der Waals surface area contributed by atoms with Gasteiger partial charge in [-0.2, -0.15) is 0 Å². The molecule has 0 saturated heterocycles. The lowest BCUT2D eigenvalue weighted by Gasteiger charge is -2.00. The number of ether oxygens (including phenoxy) is 1. The largest absolute Gasteiger partial charge is 0.423 e. The highest BCUT2D eigenvalue weighted by Crippen LogP contribution is 2.30. The van der Waals surface area contributed by atoms with Crippen molar-refractivity contribution in [1.29, 1.82) is 0 Å². The van der Waals surface area contributed by atoms with Gasteiger partial charge in [-0.15, -0.1) is 0 Å². The van der Waals surface area contributed by atoms with E-state index in [0.29, 0.717) is 5.76 Å². The number of cyclic esters (lactones) is 1. The van der Waals surface area contributed by atoms with E-state index in [0.717, 1.165) is 36.8 Å². The van der Waals surface area contributed by atoms with Crippen LogP contribution in [-0.4, -0.2) is 5.97 Å². The van der Waals surface area contributed by atoms with Gasteiger partial charge >= 0.3 is 5.97 Å². The molecule has 1 rings (SSSR count). The first-order chi connectivity index (χ1) is 6.20. The average Bonchev–Trinajstić information content (AvgIpc) is 2.33. The van der Waals surface area contributed by atoms with Crippen LogP contribution in [0.2, 0.25) is 0 Å². The van der Waals surface area contributed by atoms with Crippen LogP contribution in [0.3, 0.4) is 0 Å². The molecule has 0 saturated carbocycles. The predicted octanol–water partition coefficient (Wildman–Crippen LogP) is 2.95. The maximum absolute atomic E-state index is 11.3. The maximum atomic E-state index is 11.3. The third kappa shape index (κ3) is 2.00. The molecular formula is C11H16O2. The second kappa shape index (κ2) is 4.26. The summed E-state index contributed by atoms with van der Waals surface area (Å²) in [7, 11) is 0. The fourth-order valence-corrected chi connectivity index (χ4v) is 1.57. The Hall–Kier alpha value is -1.05. The molecule has 0 unspecified atom stereocenters. The fourth-order valence-electron chi connectivity index (χ4n) is 1.57. The van der Waals surface area contributed by atoms with Crippen LogP contribution in [0.5, 0.6) is 0 Å². The highest BCUT2D eigenvalue weighted by molar-refractivity contribution is 5.94. The SMILES string of the molecule is C=C1OC(=O)C(CCC)=C1CCC. The van der Waals surface area contributed by atoms with Crippen LogP contribution in [-0.2, 0) is 9.53 Å². The van der Waals surface area contributed by atoms with Crippen LogP contribution < -0.4 is 0 Å². The fraction of sp³-hybridized carbons (Fsp3) is 0.545. The molecule has 0 aliphatic carbocycles. The van der Waals surface area contributed by atoms with E-state index in [9.17, 15) is 4.79 Å². The zero-order chi connectivity index (χ0) is 9.84. The molecular weight excluding hydrogens is 164 g/mol. The first-order valence-electron chi connectivity index (χ1n) is 4.84. The average molecular weight is 180 g/mol. The Morgan fingerprint density at radius 2 is 1.69 bits per heavy atom. The van der Waals surface area contributed by atoms with E-state index in [1.807, 2.05) is 0 Å². The van der Waals surface area contributed by atoms with Gasteiger partial charge in [0.1, 0.15) is 5.76 Å². The van der Waals surface area contributed by atoms with Gasteiger partial charge in [-0.3, -0.25) is 0 Å². The summed E-state index contributed by atoms with van der Waals surface area (Å²) < 4.78 is 4.98. The quantitative estimate of drug-likeness (QED) is 0.622. The summed E-state index contributed by atoms with van der Waals surface area (Å²) in [5.41, 5.74) is 1.88. The van der Waals surface area contributed by atoms with Gasteiger partial charge in [0, 0.05) is 11.1 Å². The van der Waals surface area contributed by atoms with Gasteiger partial charge in [0.25, 0.3) is 0 Å². The minimum Gasteiger partial charge on any atom is -0.423 e. The maximum Gasteiger partial charge on any atom is 0.339 e. The number of rotatable bonds is 4. The second-order valence-corrected chi connectivity index (χ2v) is 3.27. The van der Waals surface area contributed by atoms with Crippen molar-refractivity contribution < 1.29 is 9.53 Å². The minimum atomic E-state index is -0.185. The lowest BCUT2D eigenvalue weighted by Crippen LogP contribution is -1.98. The van der Waals surface area contributed by atoms with Gasteiger partial charge in [-0.1, -0.05) is 33.3 Å². The Labute approximate surface area is 79.3 Å². The number of allylic oxidation sites excluding steroid dienone is 1. The highest BCUT2D eigenvalue weighted by Gasteiger charge is 2.26. The van der Waals surface area contributed by atoms with Crippen LogP contribution in [0.4, 0.5) is 0 Å². The van der Waals surface area contributed by atoms with Gasteiger partial charge in [0.15, 0.2) is 0 Å². The van der Waals surface area contributed by atoms with Crippen molar-refractivity contribution >= 4 is 5.97 Å². The molecule has 0 aromatic heterocycles. The van der Waals surface area contributed by atoms with Crippen LogP contribution >= 0.6 is 0 Å². The summed E-state index contributed by atoms with van der Waals surface area (Å²) in [4.78, 5) is 11.3. The van der Waals surface area contributed by atoms with Crippen molar-refractivity contribution in [2.24, 2.45) is 0 Å². The van der Waals surface area contributed by atoms with Gasteiger partial charge in [0.2, 0.25) is 0 Å². The lowest BCUT2D eigenvalue weighted by atomic mass is 10.0. The Bertz CT molecular complexity index is 235. The second-order valence-electron chi connectivity index (χ2n) is 3.27. The topological polar surface area (TPSA) is 26.3 Å². The molecule has 0 spiro atoms. The first kappa shape index (κ1) is 10.0. The van der Waals surface area contributed by atoms with Crippen LogP contribution in [0.15, 0.2) is 23.5 Å². The van der Waals surface area contributed by atoms with Crippen molar-refractivity contribution in [2.45, 2.75) is 39.5 Å². The number of hydrogen-bond donors (Lipinski definition) is 0. The van der Waals surface area contributed by atoms with E-state index >= 15 is 0 Å². The molecule has 0 bridgehead atoms. The van der Waals surface area contributed by atoms with E-state index < -0.39 is 0 Å². The zero-order valence-corrected chi connectivity index (χ0v) is 8.35. The Balaban J connectivity index is 2.88. The molecule has 13 heavy (non-hydrogen) atoms. The summed E-state index contributed by atoms with van der Waals surface area (Å²) in [6.45, 7) is 7.89. The monoisotopic (exact) mass is 180 g/mol. The third-order valence-corrected chi connectivity index (χ3v) is 2.16. The molecule has 0 aromatic rings. The van der Waals surface area contributed by atoms with Crippen molar-refractivity contribution in [2.75, 3.05) is 0 Å². The van der Waals surface area contributed by atoms with E-state index in [2.05, 4.69) is 20.4 Å². The van der Waals surface area contributed by atoms with E-state index in [1.165, 1.54) is 0 Å². The molecule has 0 fully saturated rings. The third-order valence-electron chi connectivity index (χ3n) is 2.16. The van der Waals surface area contributed by atoms with E-state index in [-0.39, 0.29) is 5.97 Å². The smallest absolute Gasteiger partial charge is 0.339 e. The normalized spacial score (nSPS) is 16.8. The molecule has 72 valence electrons. The predicted molar refractivity (Wildman–Crippen MR) is 52.1 cm³/mol. The Morgan fingerprint density at radius 3 is 2.23 bits per heavy atom. The molecule has 1 aliphatic heterocycles. The summed E-state index contributed by atoms with van der Waals surface area (Å²) >= 11 is 0. The van der Waals surface area contributed by atoms with Gasteiger partial charge < -0.3 is 4.74 Å². The Kier molecular flexibility index (Phi) is 3.29. The van der Waals surface area contributed by atoms with E-state index in [4.69, 9.17) is 4.74 Å². The number of carbonyl (C=O) groups is 1. The number of hydrogen-bond acceptors (Lipinski definition) is 2. The van der Waals surface area contributed by atoms with Gasteiger partial charge in [0.05, 0.1) is 0 Å². The molecule has 2 nitrogen and oxygen atoms in total. The van der Waals surface area contributed by atoms with Gasteiger partial charge in [-0.25, -0.2) is 4.79 Å². The number of esters is 1. The standard InChI is InChI=1S/C11H16O2/c1-4-6-9-8(3)13-11(12)10(9)7-5-2/h3-7H2,1-2H3. The van der Waals surface area contributed by atoms with Crippen LogP contribution in [0.1, 0.15) is 39.5 Å². The van der Waals surface area contributed by atoms with Crippen LogP contribution in [0.25, 0.3) is 0 Å². The molecule has 0 atom stereocenters. The van der Waals surface area contributed by atoms with Crippen molar-refractivity contribution in [3.63, 3.8) is 0 Å².